The maximum atomic E-state index is 11.8. The number of likely N-dealkylation sites (N-methyl/N-ethyl adjacent to an activating group) is 1. The monoisotopic (exact) mass is 223 g/mol. The van der Waals surface area contributed by atoms with Crippen LogP contribution < -0.4 is 0 Å². The normalized spacial score (nSPS) is 20.7. The van der Waals surface area contributed by atoms with Gasteiger partial charge in [0.05, 0.1) is 19.0 Å². The molecule has 4 heteroatoms. The molecule has 1 aliphatic rings. The van der Waals surface area contributed by atoms with Crippen LogP contribution in [0.4, 0.5) is 0 Å². The lowest BCUT2D eigenvalue weighted by Gasteiger charge is -2.20. The Hall–Kier alpha value is -1.08. The fraction of sp³-hybridized carbons (Fsp3) is 0.833. The van der Waals surface area contributed by atoms with Gasteiger partial charge in [0, 0.05) is 20.1 Å². The first kappa shape index (κ1) is 13.0. The van der Waals surface area contributed by atoms with Crippen molar-refractivity contribution in [3.63, 3.8) is 0 Å². The van der Waals surface area contributed by atoms with Crippen LogP contribution >= 0.6 is 0 Å². The van der Waals surface area contributed by atoms with Gasteiger partial charge in [-0.25, -0.2) is 0 Å². The Bertz CT molecular complexity index is 272. The number of rotatable bonds is 5. The van der Waals surface area contributed by atoms with Crippen LogP contribution in [0.15, 0.2) is 0 Å². The summed E-state index contributed by atoms with van der Waals surface area (Å²) in [6, 6.07) is 2.06. The molecule has 1 unspecified atom stereocenters. The standard InChI is InChI=1S/C12H21N3O/c1-3-11-5-8-15(9-11)10-12(16)14(2)7-4-6-13/h11H,3-5,7-10H2,1-2H3. The van der Waals surface area contributed by atoms with Crippen LogP contribution in [0.25, 0.3) is 0 Å². The van der Waals surface area contributed by atoms with E-state index in [1.54, 1.807) is 11.9 Å². The van der Waals surface area contributed by atoms with E-state index >= 15 is 0 Å². The maximum absolute atomic E-state index is 11.8. The summed E-state index contributed by atoms with van der Waals surface area (Å²) in [5.41, 5.74) is 0. The highest BCUT2D eigenvalue weighted by atomic mass is 16.2. The van der Waals surface area contributed by atoms with Crippen LogP contribution in [-0.2, 0) is 4.79 Å². The van der Waals surface area contributed by atoms with Gasteiger partial charge in [0.1, 0.15) is 0 Å². The molecule has 0 saturated carbocycles. The molecule has 1 fully saturated rings. The molecule has 0 aromatic rings. The smallest absolute Gasteiger partial charge is 0.236 e. The van der Waals surface area contributed by atoms with Gasteiger partial charge in [-0.15, -0.1) is 0 Å². The van der Waals surface area contributed by atoms with Gasteiger partial charge in [0.2, 0.25) is 5.91 Å². The van der Waals surface area contributed by atoms with Crippen molar-refractivity contribution >= 4 is 5.91 Å². The van der Waals surface area contributed by atoms with Gasteiger partial charge in [-0.3, -0.25) is 9.69 Å². The summed E-state index contributed by atoms with van der Waals surface area (Å²) in [4.78, 5) is 15.7. The highest BCUT2D eigenvalue weighted by Crippen LogP contribution is 2.18. The van der Waals surface area contributed by atoms with Gasteiger partial charge in [0.15, 0.2) is 0 Å². The van der Waals surface area contributed by atoms with Gasteiger partial charge in [-0.05, 0) is 18.9 Å². The van der Waals surface area contributed by atoms with E-state index in [0.717, 1.165) is 19.0 Å². The maximum Gasteiger partial charge on any atom is 0.236 e. The Morgan fingerprint density at radius 1 is 1.62 bits per heavy atom. The zero-order valence-corrected chi connectivity index (χ0v) is 10.3. The summed E-state index contributed by atoms with van der Waals surface area (Å²) in [6.07, 6.45) is 2.83. The number of nitriles is 1. The number of carbonyl (C=O) groups excluding carboxylic acids is 1. The molecule has 90 valence electrons. The van der Waals surface area contributed by atoms with Crippen molar-refractivity contribution in [2.75, 3.05) is 33.2 Å². The Morgan fingerprint density at radius 2 is 2.38 bits per heavy atom. The zero-order valence-electron chi connectivity index (χ0n) is 10.3. The summed E-state index contributed by atoms with van der Waals surface area (Å²) >= 11 is 0. The molecular formula is C12H21N3O. The Labute approximate surface area is 97.8 Å². The summed E-state index contributed by atoms with van der Waals surface area (Å²) in [6.45, 7) is 5.35. The van der Waals surface area contributed by atoms with Crippen LogP contribution in [0, 0.1) is 17.2 Å². The molecule has 1 atom stereocenters. The number of nitrogens with zero attached hydrogens (tertiary/aromatic N) is 3. The summed E-state index contributed by atoms with van der Waals surface area (Å²) in [5, 5.41) is 8.45. The topological polar surface area (TPSA) is 47.3 Å². The van der Waals surface area contributed by atoms with Gasteiger partial charge in [-0.1, -0.05) is 13.3 Å². The van der Waals surface area contributed by atoms with Crippen molar-refractivity contribution in [2.24, 2.45) is 5.92 Å². The number of carbonyl (C=O) groups is 1. The summed E-state index contributed by atoms with van der Waals surface area (Å²) < 4.78 is 0. The van der Waals surface area contributed by atoms with Crippen LogP contribution in [0.5, 0.6) is 0 Å². The lowest BCUT2D eigenvalue weighted by Crippen LogP contribution is -2.37. The number of hydrogen-bond donors (Lipinski definition) is 0. The number of amides is 1. The van der Waals surface area contributed by atoms with Crippen molar-refractivity contribution in [1.29, 1.82) is 5.26 Å². The molecule has 16 heavy (non-hydrogen) atoms. The second-order valence-corrected chi connectivity index (χ2v) is 4.52. The van der Waals surface area contributed by atoms with Crippen molar-refractivity contribution in [3.05, 3.63) is 0 Å². The van der Waals surface area contributed by atoms with Crippen molar-refractivity contribution in [2.45, 2.75) is 26.2 Å². The second kappa shape index (κ2) is 6.49. The lowest BCUT2D eigenvalue weighted by molar-refractivity contribution is -0.130. The van der Waals surface area contributed by atoms with E-state index in [-0.39, 0.29) is 5.91 Å². The molecule has 0 radical (unpaired) electrons. The van der Waals surface area contributed by atoms with Gasteiger partial charge in [0.25, 0.3) is 0 Å². The van der Waals surface area contributed by atoms with Gasteiger partial charge >= 0.3 is 0 Å². The van der Waals surface area contributed by atoms with E-state index < -0.39 is 0 Å². The quantitative estimate of drug-likeness (QED) is 0.701. The highest BCUT2D eigenvalue weighted by molar-refractivity contribution is 5.78. The fourth-order valence-corrected chi connectivity index (χ4v) is 2.04. The van der Waals surface area contributed by atoms with Crippen LogP contribution in [0.1, 0.15) is 26.2 Å². The molecule has 1 saturated heterocycles. The van der Waals surface area contributed by atoms with Crippen LogP contribution in [0.3, 0.4) is 0 Å². The minimum atomic E-state index is 0.131. The third kappa shape index (κ3) is 3.82. The third-order valence-corrected chi connectivity index (χ3v) is 3.29. The van der Waals surface area contributed by atoms with Gasteiger partial charge in [-0.2, -0.15) is 5.26 Å². The van der Waals surface area contributed by atoms with E-state index in [1.165, 1.54) is 12.8 Å². The molecule has 1 amide bonds. The molecule has 1 heterocycles. The summed E-state index contributed by atoms with van der Waals surface area (Å²) in [5.74, 6) is 0.893. The van der Waals surface area contributed by atoms with E-state index in [1.807, 2.05) is 0 Å². The second-order valence-electron chi connectivity index (χ2n) is 4.52. The predicted molar refractivity (Wildman–Crippen MR) is 62.7 cm³/mol. The SMILES string of the molecule is CCC1CCN(CC(=O)N(C)CCC#N)C1. The first-order valence-corrected chi connectivity index (χ1v) is 6.00. The predicted octanol–water partition coefficient (Wildman–Crippen LogP) is 1.09. The van der Waals surface area contributed by atoms with E-state index in [0.29, 0.717) is 19.5 Å². The molecule has 0 aromatic carbocycles. The van der Waals surface area contributed by atoms with Gasteiger partial charge < -0.3 is 4.90 Å². The number of hydrogen-bond acceptors (Lipinski definition) is 3. The Balaban J connectivity index is 2.27. The molecule has 0 aliphatic carbocycles. The molecule has 0 bridgehead atoms. The number of likely N-dealkylation sites (tertiary alicyclic amines) is 1. The summed E-state index contributed by atoms with van der Waals surface area (Å²) in [7, 11) is 1.77. The molecule has 0 spiro atoms. The molecular weight excluding hydrogens is 202 g/mol. The molecule has 4 nitrogen and oxygen atoms in total. The largest absolute Gasteiger partial charge is 0.344 e. The Morgan fingerprint density at radius 3 is 2.94 bits per heavy atom. The first-order chi connectivity index (χ1) is 7.67. The van der Waals surface area contributed by atoms with Crippen molar-refractivity contribution in [3.8, 4) is 6.07 Å². The minimum Gasteiger partial charge on any atom is -0.344 e. The molecule has 0 N–H and O–H groups in total. The lowest BCUT2D eigenvalue weighted by atomic mass is 10.1. The minimum absolute atomic E-state index is 0.131. The fourth-order valence-electron chi connectivity index (χ4n) is 2.04. The zero-order chi connectivity index (χ0) is 12.0. The van der Waals surface area contributed by atoms with Crippen LogP contribution in [0.2, 0.25) is 0 Å². The van der Waals surface area contributed by atoms with E-state index in [9.17, 15) is 4.79 Å². The van der Waals surface area contributed by atoms with Crippen molar-refractivity contribution in [1.82, 2.24) is 9.80 Å². The van der Waals surface area contributed by atoms with Crippen LogP contribution in [-0.4, -0.2) is 48.9 Å². The highest BCUT2D eigenvalue weighted by Gasteiger charge is 2.23. The molecule has 0 aromatic heterocycles. The van der Waals surface area contributed by atoms with E-state index in [2.05, 4.69) is 17.9 Å². The Kier molecular flexibility index (Phi) is 5.27. The average Bonchev–Trinajstić information content (AvgIpc) is 2.73. The first-order valence-electron chi connectivity index (χ1n) is 6.00. The molecule has 1 rings (SSSR count). The van der Waals surface area contributed by atoms with Crippen molar-refractivity contribution < 1.29 is 4.79 Å². The third-order valence-electron chi connectivity index (χ3n) is 3.29. The average molecular weight is 223 g/mol. The van der Waals surface area contributed by atoms with E-state index in [4.69, 9.17) is 5.26 Å². The molecule has 1 aliphatic heterocycles.